The Bertz CT molecular complexity index is 686. The highest BCUT2D eigenvalue weighted by molar-refractivity contribution is 7.22. The van der Waals surface area contributed by atoms with Crippen LogP contribution < -0.4 is 10.6 Å². The van der Waals surface area contributed by atoms with Crippen molar-refractivity contribution in [3.63, 3.8) is 0 Å². The van der Waals surface area contributed by atoms with Crippen molar-refractivity contribution in [1.82, 2.24) is 15.6 Å². The van der Waals surface area contributed by atoms with Crippen molar-refractivity contribution in [3.8, 4) is 0 Å². The van der Waals surface area contributed by atoms with Crippen LogP contribution in [0.15, 0.2) is 18.3 Å². The third kappa shape index (κ3) is 2.10. The van der Waals surface area contributed by atoms with Gasteiger partial charge in [0.25, 0.3) is 5.91 Å². The highest BCUT2D eigenvalue weighted by Gasteiger charge is 2.39. The van der Waals surface area contributed by atoms with Gasteiger partial charge in [-0.2, -0.15) is 0 Å². The van der Waals surface area contributed by atoms with Gasteiger partial charge in [0.2, 0.25) is 0 Å². The van der Waals surface area contributed by atoms with Crippen LogP contribution in [0, 0.1) is 0 Å². The molecule has 0 aliphatic carbocycles. The standard InChI is InChI=1S/C14H14ClN3OS/c15-13-3-7-6-16-11(5-12(7)20-13)14(19)18-10-4-8-1-2-9(10)17-8/h3,5-6,8-10,17H,1-2,4H2,(H,18,19)/t8-,9+,10-/m1/s1. The van der Waals surface area contributed by atoms with Crippen molar-refractivity contribution in [2.24, 2.45) is 0 Å². The van der Waals surface area contributed by atoms with Crippen LogP contribution in [0.5, 0.6) is 0 Å². The van der Waals surface area contributed by atoms with Gasteiger partial charge in [-0.05, 0) is 31.4 Å². The summed E-state index contributed by atoms with van der Waals surface area (Å²) in [6, 6.07) is 4.95. The van der Waals surface area contributed by atoms with Crippen LogP contribution in [0.25, 0.3) is 10.1 Å². The molecule has 0 aromatic carbocycles. The van der Waals surface area contributed by atoms with E-state index >= 15 is 0 Å². The smallest absolute Gasteiger partial charge is 0.270 e. The van der Waals surface area contributed by atoms with Gasteiger partial charge in [0.15, 0.2) is 0 Å². The molecule has 0 spiro atoms. The molecule has 0 unspecified atom stereocenters. The van der Waals surface area contributed by atoms with Crippen molar-refractivity contribution >= 4 is 38.9 Å². The maximum Gasteiger partial charge on any atom is 0.270 e. The number of hydrogen-bond acceptors (Lipinski definition) is 4. The molecule has 6 heteroatoms. The van der Waals surface area contributed by atoms with E-state index in [9.17, 15) is 4.79 Å². The first-order valence-corrected chi connectivity index (χ1v) is 8.00. The molecule has 1 amide bonds. The summed E-state index contributed by atoms with van der Waals surface area (Å²) in [7, 11) is 0. The number of rotatable bonds is 2. The van der Waals surface area contributed by atoms with Gasteiger partial charge < -0.3 is 10.6 Å². The summed E-state index contributed by atoms with van der Waals surface area (Å²) in [5.41, 5.74) is 0.471. The lowest BCUT2D eigenvalue weighted by atomic mass is 9.95. The predicted molar refractivity (Wildman–Crippen MR) is 80.4 cm³/mol. The molecule has 20 heavy (non-hydrogen) atoms. The summed E-state index contributed by atoms with van der Waals surface area (Å²) < 4.78 is 1.72. The first-order chi connectivity index (χ1) is 9.69. The van der Waals surface area contributed by atoms with E-state index in [1.165, 1.54) is 17.8 Å². The number of hydrogen-bond donors (Lipinski definition) is 2. The van der Waals surface area contributed by atoms with Crippen LogP contribution in [0.1, 0.15) is 29.8 Å². The van der Waals surface area contributed by atoms with E-state index in [0.29, 0.717) is 17.8 Å². The molecule has 3 atom stereocenters. The Labute approximate surface area is 125 Å². The van der Waals surface area contributed by atoms with Crippen LogP contribution in [0.3, 0.4) is 0 Å². The van der Waals surface area contributed by atoms with Crippen LogP contribution in [0.2, 0.25) is 4.34 Å². The molecule has 2 bridgehead atoms. The van der Waals surface area contributed by atoms with Crippen molar-refractivity contribution in [2.45, 2.75) is 37.4 Å². The normalized spacial score (nSPS) is 28.1. The molecule has 0 radical (unpaired) electrons. The maximum atomic E-state index is 12.3. The van der Waals surface area contributed by atoms with Crippen LogP contribution in [0.4, 0.5) is 0 Å². The zero-order valence-corrected chi connectivity index (χ0v) is 12.3. The highest BCUT2D eigenvalue weighted by Crippen LogP contribution is 2.30. The number of pyridine rings is 1. The van der Waals surface area contributed by atoms with E-state index in [-0.39, 0.29) is 11.9 Å². The second-order valence-corrected chi connectivity index (χ2v) is 7.24. The fourth-order valence-corrected chi connectivity index (χ4v) is 4.41. The zero-order chi connectivity index (χ0) is 13.7. The van der Waals surface area contributed by atoms with E-state index in [4.69, 9.17) is 11.6 Å². The monoisotopic (exact) mass is 307 g/mol. The minimum atomic E-state index is -0.0872. The summed E-state index contributed by atoms with van der Waals surface area (Å²) in [6.45, 7) is 0. The lowest BCUT2D eigenvalue weighted by molar-refractivity contribution is 0.0926. The molecule has 104 valence electrons. The Morgan fingerprint density at radius 3 is 3.10 bits per heavy atom. The maximum absolute atomic E-state index is 12.3. The summed E-state index contributed by atoms with van der Waals surface area (Å²) in [6.07, 6.45) is 5.13. The number of nitrogens with one attached hydrogen (secondary N) is 2. The lowest BCUT2D eigenvalue weighted by Crippen LogP contribution is -2.43. The van der Waals surface area contributed by atoms with Crippen molar-refractivity contribution in [3.05, 3.63) is 28.4 Å². The van der Waals surface area contributed by atoms with Gasteiger partial charge in [-0.25, -0.2) is 0 Å². The van der Waals surface area contributed by atoms with Gasteiger partial charge in [0, 0.05) is 34.4 Å². The van der Waals surface area contributed by atoms with Crippen LogP contribution in [-0.4, -0.2) is 29.0 Å². The number of carbonyl (C=O) groups is 1. The van der Waals surface area contributed by atoms with Gasteiger partial charge in [0.1, 0.15) is 5.69 Å². The van der Waals surface area contributed by atoms with Crippen LogP contribution >= 0.6 is 22.9 Å². The van der Waals surface area contributed by atoms with Gasteiger partial charge >= 0.3 is 0 Å². The molecular formula is C14H14ClN3OS. The Morgan fingerprint density at radius 2 is 2.35 bits per heavy atom. The Morgan fingerprint density at radius 1 is 1.45 bits per heavy atom. The number of fused-ring (bicyclic) bond motifs is 3. The number of amides is 1. The van der Waals surface area contributed by atoms with E-state index < -0.39 is 0 Å². The largest absolute Gasteiger partial charge is 0.346 e. The van der Waals surface area contributed by atoms with Crippen molar-refractivity contribution < 1.29 is 4.79 Å². The molecule has 2 saturated heterocycles. The SMILES string of the molecule is O=C(N[C@@H]1C[C@H]2CC[C@@H]1N2)c1cc2sc(Cl)cc2cn1. The molecule has 2 fully saturated rings. The molecule has 2 aliphatic heterocycles. The van der Waals surface area contributed by atoms with Gasteiger partial charge in [-0.1, -0.05) is 11.6 Å². The number of thiophene rings is 1. The minimum Gasteiger partial charge on any atom is -0.346 e. The number of carbonyl (C=O) groups excluding carboxylic acids is 1. The Balaban J connectivity index is 1.54. The third-order valence-corrected chi connectivity index (χ3v) is 5.45. The fourth-order valence-electron chi connectivity index (χ4n) is 3.25. The molecule has 4 nitrogen and oxygen atoms in total. The number of halogens is 1. The summed E-state index contributed by atoms with van der Waals surface area (Å²) in [5, 5.41) is 7.61. The lowest BCUT2D eigenvalue weighted by Gasteiger charge is -2.21. The van der Waals surface area contributed by atoms with Crippen molar-refractivity contribution in [2.75, 3.05) is 0 Å². The van der Waals surface area contributed by atoms with E-state index in [1.807, 2.05) is 12.1 Å². The summed E-state index contributed by atoms with van der Waals surface area (Å²) >= 11 is 7.45. The third-order valence-electron chi connectivity index (χ3n) is 4.22. The molecule has 2 N–H and O–H groups in total. The van der Waals surface area contributed by atoms with E-state index in [2.05, 4.69) is 15.6 Å². The molecule has 4 heterocycles. The predicted octanol–water partition coefficient (Wildman–Crippen LogP) is 2.57. The average molecular weight is 308 g/mol. The zero-order valence-electron chi connectivity index (χ0n) is 10.7. The molecule has 0 saturated carbocycles. The summed E-state index contributed by atoms with van der Waals surface area (Å²) in [5.74, 6) is -0.0872. The highest BCUT2D eigenvalue weighted by atomic mass is 35.5. The fraction of sp³-hybridized carbons (Fsp3) is 0.429. The number of aromatic nitrogens is 1. The van der Waals surface area contributed by atoms with E-state index in [1.54, 1.807) is 6.20 Å². The van der Waals surface area contributed by atoms with E-state index in [0.717, 1.165) is 27.3 Å². The van der Waals surface area contributed by atoms with Crippen LogP contribution in [-0.2, 0) is 0 Å². The minimum absolute atomic E-state index is 0.0872. The Kier molecular flexibility index (Phi) is 2.94. The molecule has 4 rings (SSSR count). The molecule has 2 aromatic heterocycles. The van der Waals surface area contributed by atoms with Gasteiger partial charge in [-0.3, -0.25) is 9.78 Å². The quantitative estimate of drug-likeness (QED) is 0.896. The van der Waals surface area contributed by atoms with Gasteiger partial charge in [-0.15, -0.1) is 11.3 Å². The first kappa shape index (κ1) is 12.6. The van der Waals surface area contributed by atoms with Gasteiger partial charge in [0.05, 0.1) is 4.34 Å². The Hall–Kier alpha value is -1.17. The second-order valence-electron chi connectivity index (χ2n) is 5.52. The molecule has 2 aromatic rings. The molecular weight excluding hydrogens is 294 g/mol. The number of nitrogens with zero attached hydrogens (tertiary/aromatic N) is 1. The first-order valence-electron chi connectivity index (χ1n) is 6.81. The molecule has 2 aliphatic rings. The second kappa shape index (κ2) is 4.69. The summed E-state index contributed by atoms with van der Waals surface area (Å²) in [4.78, 5) is 16.5. The topological polar surface area (TPSA) is 54.0 Å². The van der Waals surface area contributed by atoms with Crippen molar-refractivity contribution in [1.29, 1.82) is 0 Å². The average Bonchev–Trinajstić information content (AvgIpc) is 3.10.